The minimum atomic E-state index is -3.26. The van der Waals surface area contributed by atoms with E-state index in [4.69, 9.17) is 28.2 Å². The Balaban J connectivity index is 1.63. The Morgan fingerprint density at radius 3 is 2.56 bits per heavy atom. The number of sulfonamides is 1. The minimum absolute atomic E-state index is 0.0916. The fraction of sp³-hybridized carbons (Fsp3) is 0.261. The molecular weight excluding hydrogens is 495 g/mol. The number of nitrogens with zero attached hydrogens (tertiary/aromatic N) is 5. The van der Waals surface area contributed by atoms with Crippen molar-refractivity contribution in [1.82, 2.24) is 23.8 Å². The first-order valence-electron chi connectivity index (χ1n) is 10.8. The Labute approximate surface area is 207 Å². The van der Waals surface area contributed by atoms with Crippen molar-refractivity contribution in [2.45, 2.75) is 18.9 Å². The zero-order valence-electron chi connectivity index (χ0n) is 18.3. The first-order valence-corrected chi connectivity index (χ1v) is 13.4. The van der Waals surface area contributed by atoms with Crippen molar-refractivity contribution in [2.24, 2.45) is 0 Å². The molecule has 2 aromatic heterocycles. The molecule has 1 unspecified atom stereocenters. The van der Waals surface area contributed by atoms with E-state index in [1.165, 1.54) is 16.9 Å². The minimum Gasteiger partial charge on any atom is -0.364 e. The van der Waals surface area contributed by atoms with Gasteiger partial charge in [-0.2, -0.15) is 0 Å². The molecule has 0 bridgehead atoms. The average molecular weight is 517 g/mol. The van der Waals surface area contributed by atoms with Crippen LogP contribution >= 0.6 is 23.2 Å². The van der Waals surface area contributed by atoms with E-state index in [-0.39, 0.29) is 6.04 Å². The number of anilines is 1. The van der Waals surface area contributed by atoms with Crippen molar-refractivity contribution in [3.63, 3.8) is 0 Å². The molecule has 5 rings (SSSR count). The van der Waals surface area contributed by atoms with Crippen molar-refractivity contribution < 1.29 is 8.42 Å². The first-order chi connectivity index (χ1) is 16.3. The lowest BCUT2D eigenvalue weighted by atomic mass is 10.1. The van der Waals surface area contributed by atoms with Crippen molar-refractivity contribution in [3.05, 3.63) is 64.9 Å². The number of aromatic nitrogens is 4. The molecule has 0 aliphatic carbocycles. The summed E-state index contributed by atoms with van der Waals surface area (Å²) in [7, 11) is -3.26. The number of piperidine rings is 1. The highest BCUT2D eigenvalue weighted by Gasteiger charge is 2.27. The first kappa shape index (κ1) is 23.0. The van der Waals surface area contributed by atoms with Crippen molar-refractivity contribution >= 4 is 50.2 Å². The predicted octanol–water partition coefficient (Wildman–Crippen LogP) is 4.63. The molecule has 0 saturated carbocycles. The second-order valence-electron chi connectivity index (χ2n) is 8.23. The third-order valence-electron chi connectivity index (χ3n) is 5.84. The zero-order chi connectivity index (χ0) is 23.9. The Morgan fingerprint density at radius 2 is 1.82 bits per heavy atom. The van der Waals surface area contributed by atoms with Gasteiger partial charge >= 0.3 is 0 Å². The third-order valence-corrected chi connectivity index (χ3v) is 7.69. The summed E-state index contributed by atoms with van der Waals surface area (Å²) in [5.74, 6) is 1.17. The van der Waals surface area contributed by atoms with Crippen LogP contribution in [-0.2, 0) is 10.0 Å². The van der Waals surface area contributed by atoms with Gasteiger partial charge < -0.3 is 5.32 Å². The van der Waals surface area contributed by atoms with Gasteiger partial charge in [-0.1, -0.05) is 35.3 Å². The van der Waals surface area contributed by atoms with Gasteiger partial charge in [0.1, 0.15) is 12.2 Å². The topological polar surface area (TPSA) is 93.0 Å². The summed E-state index contributed by atoms with van der Waals surface area (Å²) in [6.45, 7) is 0.900. The van der Waals surface area contributed by atoms with Crippen molar-refractivity contribution in [1.29, 1.82) is 0 Å². The number of fused-ring (bicyclic) bond motifs is 1. The molecule has 4 aromatic rings. The van der Waals surface area contributed by atoms with Gasteiger partial charge in [0.05, 0.1) is 11.3 Å². The van der Waals surface area contributed by atoms with Gasteiger partial charge in [-0.15, -0.1) is 0 Å². The number of imidazole rings is 1. The highest BCUT2D eigenvalue weighted by molar-refractivity contribution is 7.88. The molecule has 1 atom stereocenters. The zero-order valence-corrected chi connectivity index (χ0v) is 20.6. The average Bonchev–Trinajstić information content (AvgIpc) is 3.20. The lowest BCUT2D eigenvalue weighted by Gasteiger charge is -2.31. The number of halogens is 2. The molecule has 1 fully saturated rings. The molecule has 0 amide bonds. The summed E-state index contributed by atoms with van der Waals surface area (Å²) < 4.78 is 27.5. The maximum atomic E-state index is 12.0. The van der Waals surface area contributed by atoms with Gasteiger partial charge in [0.2, 0.25) is 10.0 Å². The molecule has 3 heterocycles. The Hall–Kier alpha value is -2.72. The maximum absolute atomic E-state index is 12.0. The van der Waals surface area contributed by atoms with Crippen LogP contribution in [0.5, 0.6) is 0 Å². The number of hydrogen-bond acceptors (Lipinski definition) is 6. The summed E-state index contributed by atoms with van der Waals surface area (Å²) in [6.07, 6.45) is 4.31. The molecule has 0 radical (unpaired) electrons. The standard InChI is InChI=1S/C23H22Cl2N6O2S/c1-34(32,33)30-12-4-5-16(13-30)28-21-20-23(27-14-26-21)31(17-10-8-15(24)9-11-17)22(29-20)18-6-2-3-7-19(18)25/h2-3,6-11,14,16H,4-5,12-13H2,1H3,(H,26,27,28). The van der Waals surface area contributed by atoms with E-state index in [1.807, 2.05) is 41.0 Å². The van der Waals surface area contributed by atoms with Crippen molar-refractivity contribution in [3.8, 4) is 17.1 Å². The van der Waals surface area contributed by atoms with Gasteiger partial charge in [-0.25, -0.2) is 27.7 Å². The van der Waals surface area contributed by atoms with Gasteiger partial charge in [0, 0.05) is 35.4 Å². The highest BCUT2D eigenvalue weighted by atomic mass is 35.5. The van der Waals surface area contributed by atoms with Crippen LogP contribution in [-0.4, -0.2) is 57.6 Å². The fourth-order valence-corrected chi connectivity index (χ4v) is 5.47. The Kier molecular flexibility index (Phi) is 6.20. The molecule has 11 heteroatoms. The molecule has 1 aliphatic rings. The second-order valence-corrected chi connectivity index (χ2v) is 11.1. The lowest BCUT2D eigenvalue weighted by molar-refractivity contribution is 0.329. The second kappa shape index (κ2) is 9.14. The SMILES string of the molecule is CS(=O)(=O)N1CCCC(Nc2ncnc3c2nc(-c2ccccc2Cl)n3-c2ccc(Cl)cc2)C1. The normalized spacial score (nSPS) is 17.2. The largest absolute Gasteiger partial charge is 0.364 e. The molecule has 1 aliphatic heterocycles. The van der Waals surface area contributed by atoms with E-state index in [0.717, 1.165) is 24.1 Å². The van der Waals surface area contributed by atoms with E-state index in [0.29, 0.717) is 45.9 Å². The van der Waals surface area contributed by atoms with Crippen LogP contribution in [0.2, 0.25) is 10.0 Å². The maximum Gasteiger partial charge on any atom is 0.211 e. The molecule has 34 heavy (non-hydrogen) atoms. The smallest absolute Gasteiger partial charge is 0.211 e. The lowest BCUT2D eigenvalue weighted by Crippen LogP contribution is -2.44. The summed E-state index contributed by atoms with van der Waals surface area (Å²) in [4.78, 5) is 13.9. The van der Waals surface area contributed by atoms with Gasteiger partial charge in [0.15, 0.2) is 17.0 Å². The van der Waals surface area contributed by atoms with Crippen LogP contribution in [0.4, 0.5) is 5.82 Å². The van der Waals surface area contributed by atoms with E-state index in [2.05, 4.69) is 15.3 Å². The third kappa shape index (κ3) is 4.48. The predicted molar refractivity (Wildman–Crippen MR) is 135 cm³/mol. The summed E-state index contributed by atoms with van der Waals surface area (Å²) in [5, 5.41) is 4.59. The van der Waals surface area contributed by atoms with Gasteiger partial charge in [-0.3, -0.25) is 4.57 Å². The van der Waals surface area contributed by atoms with Crippen LogP contribution in [0, 0.1) is 0 Å². The molecule has 2 aromatic carbocycles. The van der Waals surface area contributed by atoms with E-state index in [9.17, 15) is 8.42 Å². The van der Waals surface area contributed by atoms with Crippen LogP contribution in [0.15, 0.2) is 54.9 Å². The molecule has 1 saturated heterocycles. The van der Waals surface area contributed by atoms with Crippen LogP contribution in [0.3, 0.4) is 0 Å². The van der Waals surface area contributed by atoms with Crippen LogP contribution in [0.25, 0.3) is 28.2 Å². The summed E-state index contributed by atoms with van der Waals surface area (Å²) >= 11 is 12.7. The summed E-state index contributed by atoms with van der Waals surface area (Å²) in [5.41, 5.74) is 2.76. The summed E-state index contributed by atoms with van der Waals surface area (Å²) in [6, 6.07) is 14.8. The molecule has 176 valence electrons. The van der Waals surface area contributed by atoms with Gasteiger partial charge in [0.25, 0.3) is 0 Å². The van der Waals surface area contributed by atoms with E-state index >= 15 is 0 Å². The number of rotatable bonds is 5. The number of nitrogens with one attached hydrogen (secondary N) is 1. The Morgan fingerprint density at radius 1 is 1.06 bits per heavy atom. The molecule has 8 nitrogen and oxygen atoms in total. The van der Waals surface area contributed by atoms with Crippen molar-refractivity contribution in [2.75, 3.05) is 24.7 Å². The van der Waals surface area contributed by atoms with Crippen LogP contribution in [0.1, 0.15) is 12.8 Å². The van der Waals surface area contributed by atoms with E-state index in [1.54, 1.807) is 12.1 Å². The number of hydrogen-bond donors (Lipinski definition) is 1. The van der Waals surface area contributed by atoms with E-state index < -0.39 is 10.0 Å². The molecule has 0 spiro atoms. The Bertz CT molecular complexity index is 1460. The number of benzene rings is 2. The van der Waals surface area contributed by atoms with Gasteiger partial charge in [-0.05, 0) is 49.2 Å². The fourth-order valence-electron chi connectivity index (χ4n) is 4.21. The monoisotopic (exact) mass is 516 g/mol. The molecular formula is C23H22Cl2N6O2S. The molecule has 1 N–H and O–H groups in total. The highest BCUT2D eigenvalue weighted by Crippen LogP contribution is 2.34. The van der Waals surface area contributed by atoms with Crippen LogP contribution < -0.4 is 5.32 Å². The quantitative estimate of drug-likeness (QED) is 0.415.